The van der Waals surface area contributed by atoms with Crippen molar-refractivity contribution in [1.29, 1.82) is 0 Å². The lowest BCUT2D eigenvalue weighted by Crippen LogP contribution is -2.42. The van der Waals surface area contributed by atoms with Gasteiger partial charge in [-0.3, -0.25) is 9.59 Å². The smallest absolute Gasteiger partial charge is 0.239 e. The summed E-state index contributed by atoms with van der Waals surface area (Å²) in [4.78, 5) is 24.6. The number of hydrogen-bond acceptors (Lipinski definition) is 3. The van der Waals surface area contributed by atoms with E-state index >= 15 is 0 Å². The summed E-state index contributed by atoms with van der Waals surface area (Å²) in [6.07, 6.45) is 4.71. The van der Waals surface area contributed by atoms with Crippen LogP contribution in [-0.2, 0) is 9.59 Å². The van der Waals surface area contributed by atoms with Crippen LogP contribution in [0.3, 0.4) is 0 Å². The minimum atomic E-state index is -0.0504. The van der Waals surface area contributed by atoms with Gasteiger partial charge in [0.1, 0.15) is 0 Å². The zero-order valence-electron chi connectivity index (χ0n) is 10.8. The summed E-state index contributed by atoms with van der Waals surface area (Å²) >= 11 is 0. The fraction of sp³-hybridized carbons (Fsp3) is 0.833. The molecule has 5 nitrogen and oxygen atoms in total. The molecule has 0 spiro atoms. The van der Waals surface area contributed by atoms with Gasteiger partial charge < -0.3 is 15.5 Å². The third-order valence-electron chi connectivity index (χ3n) is 3.16. The summed E-state index contributed by atoms with van der Waals surface area (Å²) in [5.74, 6) is 0.702. The van der Waals surface area contributed by atoms with E-state index < -0.39 is 0 Å². The third-order valence-corrected chi connectivity index (χ3v) is 3.16. The fourth-order valence-electron chi connectivity index (χ4n) is 1.64. The molecule has 0 atom stereocenters. The molecule has 0 bridgehead atoms. The second kappa shape index (κ2) is 6.95. The number of carbonyl (C=O) groups is 2. The van der Waals surface area contributed by atoms with Crippen molar-refractivity contribution < 1.29 is 9.59 Å². The first-order valence-corrected chi connectivity index (χ1v) is 6.39. The molecule has 2 fully saturated rings. The molecule has 0 saturated heterocycles. The molecule has 18 heavy (non-hydrogen) atoms. The molecule has 2 saturated carbocycles. The Hall–Kier alpha value is -0.810. The Balaban J connectivity index is 0.00000162. The van der Waals surface area contributed by atoms with Crippen LogP contribution in [0.1, 0.15) is 25.7 Å². The van der Waals surface area contributed by atoms with E-state index in [2.05, 4.69) is 10.6 Å². The minimum Gasteiger partial charge on any atom is -0.352 e. The maximum Gasteiger partial charge on any atom is 0.239 e. The predicted molar refractivity (Wildman–Crippen MR) is 71.6 cm³/mol. The van der Waals surface area contributed by atoms with E-state index in [-0.39, 0.29) is 30.8 Å². The summed E-state index contributed by atoms with van der Waals surface area (Å²) in [6, 6.07) is 0.360. The van der Waals surface area contributed by atoms with Crippen molar-refractivity contribution in [3.63, 3.8) is 0 Å². The van der Waals surface area contributed by atoms with Gasteiger partial charge in [-0.2, -0.15) is 0 Å². The first-order chi connectivity index (χ1) is 8.15. The maximum absolute atomic E-state index is 11.7. The highest BCUT2D eigenvalue weighted by Crippen LogP contribution is 2.27. The van der Waals surface area contributed by atoms with Crippen molar-refractivity contribution in [3.8, 4) is 0 Å². The van der Waals surface area contributed by atoms with Gasteiger partial charge in [0.25, 0.3) is 0 Å². The number of rotatable bonds is 7. The molecular weight excluding hydrogens is 254 g/mol. The van der Waals surface area contributed by atoms with Gasteiger partial charge >= 0.3 is 0 Å². The Labute approximate surface area is 114 Å². The van der Waals surface area contributed by atoms with E-state index in [0.717, 1.165) is 25.3 Å². The molecule has 0 unspecified atom stereocenters. The lowest BCUT2D eigenvalue weighted by molar-refractivity contribution is -0.134. The molecule has 2 aliphatic rings. The largest absolute Gasteiger partial charge is 0.352 e. The average molecular weight is 276 g/mol. The van der Waals surface area contributed by atoms with E-state index in [1.165, 1.54) is 17.7 Å². The number of carbonyl (C=O) groups excluding carboxylic acids is 2. The van der Waals surface area contributed by atoms with Gasteiger partial charge in [-0.25, -0.2) is 0 Å². The van der Waals surface area contributed by atoms with Crippen LogP contribution in [0, 0.1) is 5.92 Å². The fourth-order valence-corrected chi connectivity index (χ4v) is 1.64. The molecule has 2 aliphatic carbocycles. The van der Waals surface area contributed by atoms with Gasteiger partial charge in [0.05, 0.1) is 13.1 Å². The van der Waals surface area contributed by atoms with E-state index in [0.29, 0.717) is 12.6 Å². The monoisotopic (exact) mass is 275 g/mol. The highest BCUT2D eigenvalue weighted by Gasteiger charge is 2.24. The van der Waals surface area contributed by atoms with Crippen LogP contribution in [0.4, 0.5) is 0 Å². The number of hydrogen-bond donors (Lipinski definition) is 2. The van der Waals surface area contributed by atoms with E-state index in [4.69, 9.17) is 0 Å². The van der Waals surface area contributed by atoms with Crippen molar-refractivity contribution in [2.24, 2.45) is 5.92 Å². The van der Waals surface area contributed by atoms with Crippen LogP contribution in [-0.4, -0.2) is 49.4 Å². The third kappa shape index (κ3) is 5.69. The first-order valence-electron chi connectivity index (χ1n) is 6.39. The Bertz CT molecular complexity index is 304. The zero-order valence-corrected chi connectivity index (χ0v) is 11.6. The topological polar surface area (TPSA) is 61.4 Å². The molecule has 0 aliphatic heterocycles. The molecule has 0 heterocycles. The summed E-state index contributed by atoms with van der Waals surface area (Å²) in [5, 5.41) is 6.00. The summed E-state index contributed by atoms with van der Waals surface area (Å²) in [5.41, 5.74) is 0. The van der Waals surface area contributed by atoms with Crippen molar-refractivity contribution in [2.75, 3.05) is 26.7 Å². The molecule has 0 aromatic carbocycles. The molecule has 0 aromatic rings. The van der Waals surface area contributed by atoms with Gasteiger partial charge in [-0.1, -0.05) is 0 Å². The van der Waals surface area contributed by atoms with Crippen molar-refractivity contribution in [1.82, 2.24) is 15.5 Å². The van der Waals surface area contributed by atoms with Gasteiger partial charge in [0, 0.05) is 13.1 Å². The lowest BCUT2D eigenvalue weighted by Gasteiger charge is -2.17. The van der Waals surface area contributed by atoms with Crippen LogP contribution in [0.2, 0.25) is 0 Å². The van der Waals surface area contributed by atoms with Gasteiger partial charge in [0.15, 0.2) is 0 Å². The second-order valence-corrected chi connectivity index (χ2v) is 5.17. The quantitative estimate of drug-likeness (QED) is 0.695. The summed E-state index contributed by atoms with van der Waals surface area (Å²) < 4.78 is 0. The number of amides is 2. The van der Waals surface area contributed by atoms with Crippen molar-refractivity contribution >= 4 is 24.2 Å². The number of nitrogens with one attached hydrogen (secondary N) is 2. The molecule has 0 radical (unpaired) electrons. The molecular formula is C12H22ClN3O2. The first kappa shape index (κ1) is 15.2. The van der Waals surface area contributed by atoms with Crippen LogP contribution in [0.15, 0.2) is 0 Å². The molecule has 0 aromatic heterocycles. The predicted octanol–water partition coefficient (Wildman–Crippen LogP) is 0.145. The zero-order chi connectivity index (χ0) is 12.3. The molecule has 2 rings (SSSR count). The average Bonchev–Trinajstić information content (AvgIpc) is 3.11. The number of nitrogens with zero attached hydrogens (tertiary/aromatic N) is 1. The Morgan fingerprint density at radius 3 is 2.44 bits per heavy atom. The van der Waals surface area contributed by atoms with Crippen LogP contribution >= 0.6 is 12.4 Å². The Morgan fingerprint density at radius 1 is 1.22 bits per heavy atom. The number of likely N-dealkylation sites (N-methyl/N-ethyl adjacent to an activating group) is 1. The highest BCUT2D eigenvalue weighted by atomic mass is 35.5. The van der Waals surface area contributed by atoms with Crippen LogP contribution in [0.25, 0.3) is 0 Å². The van der Waals surface area contributed by atoms with Crippen LogP contribution < -0.4 is 10.6 Å². The van der Waals surface area contributed by atoms with Gasteiger partial charge in [0.2, 0.25) is 11.8 Å². The summed E-state index contributed by atoms with van der Waals surface area (Å²) in [6.45, 7) is 1.43. The SMILES string of the molecule is CN(CC(=O)NC1CC1)C(=O)CNCC1CC1.Cl. The van der Waals surface area contributed by atoms with Crippen LogP contribution in [0.5, 0.6) is 0 Å². The Kier molecular flexibility index (Phi) is 5.88. The standard InChI is InChI=1S/C12H21N3O2.ClH/c1-15(8-11(16)14-10-4-5-10)12(17)7-13-6-9-2-3-9;/h9-10,13H,2-8H2,1H3,(H,14,16);1H. The van der Waals surface area contributed by atoms with Gasteiger partial charge in [-0.05, 0) is 38.1 Å². The second-order valence-electron chi connectivity index (χ2n) is 5.17. The van der Waals surface area contributed by atoms with E-state index in [1.807, 2.05) is 0 Å². The molecule has 6 heteroatoms. The van der Waals surface area contributed by atoms with E-state index in [1.54, 1.807) is 7.05 Å². The van der Waals surface area contributed by atoms with Gasteiger partial charge in [-0.15, -0.1) is 12.4 Å². The van der Waals surface area contributed by atoms with Crippen molar-refractivity contribution in [2.45, 2.75) is 31.7 Å². The molecule has 2 amide bonds. The normalized spacial score (nSPS) is 17.8. The lowest BCUT2D eigenvalue weighted by atomic mass is 10.4. The van der Waals surface area contributed by atoms with E-state index in [9.17, 15) is 9.59 Å². The minimum absolute atomic E-state index is 0. The number of halogens is 1. The molecule has 104 valence electrons. The Morgan fingerprint density at radius 2 is 1.89 bits per heavy atom. The van der Waals surface area contributed by atoms with Crippen molar-refractivity contribution in [3.05, 3.63) is 0 Å². The molecule has 2 N–H and O–H groups in total. The summed E-state index contributed by atoms with van der Waals surface area (Å²) in [7, 11) is 1.67. The highest BCUT2D eigenvalue weighted by molar-refractivity contribution is 5.86. The maximum atomic E-state index is 11.7.